The molecule has 0 fully saturated rings. The quantitative estimate of drug-likeness (QED) is 0.220. The van der Waals surface area contributed by atoms with Gasteiger partial charge >= 0.3 is 106 Å². The van der Waals surface area contributed by atoms with Gasteiger partial charge in [0.15, 0.2) is 0 Å². The molecule has 1 atom stereocenters. The van der Waals surface area contributed by atoms with Gasteiger partial charge in [0.05, 0.1) is 6.54 Å². The Balaban J connectivity index is 1.59. The Labute approximate surface area is 219 Å². The van der Waals surface area contributed by atoms with E-state index in [2.05, 4.69) is 16.0 Å². The average molecular weight is 511 g/mol. The number of carbonyl (C=O) groups is 4. The molecule has 1 aliphatic heterocycles. The molecule has 11 heteroatoms. The van der Waals surface area contributed by atoms with Gasteiger partial charge in [-0.2, -0.15) is 0 Å². The van der Waals surface area contributed by atoms with Crippen LogP contribution in [0.4, 0.5) is 5.69 Å². The van der Waals surface area contributed by atoms with Crippen LogP contribution in [0.2, 0.25) is 0 Å². The molecule has 199 valence electrons. The molecule has 10 nitrogen and oxygen atoms in total. The van der Waals surface area contributed by atoms with Gasteiger partial charge in [-0.25, -0.2) is 0 Å². The summed E-state index contributed by atoms with van der Waals surface area (Å²) < 4.78 is 10.8. The van der Waals surface area contributed by atoms with Crippen molar-refractivity contribution in [3.8, 4) is 0 Å². The van der Waals surface area contributed by atoms with Crippen LogP contribution < -0.4 is 16.0 Å². The summed E-state index contributed by atoms with van der Waals surface area (Å²) >= 11 is 0. The molecule has 1 radical (unpaired) electrons. The summed E-state index contributed by atoms with van der Waals surface area (Å²) in [7, 11) is 5.69. The molecule has 1 heterocycles. The zero-order valence-corrected chi connectivity index (χ0v) is 21.7. The van der Waals surface area contributed by atoms with Gasteiger partial charge in [0.25, 0.3) is 0 Å². The first-order valence-corrected chi connectivity index (χ1v) is 12.4. The number of nitrogens with zero attached hydrogens (tertiary/aromatic N) is 1. The molecular formula is C26H36BN4O6. The molecule has 0 bridgehead atoms. The number of benzene rings is 1. The second-order valence-electron chi connectivity index (χ2n) is 8.83. The Morgan fingerprint density at radius 3 is 2.24 bits per heavy atom. The third kappa shape index (κ3) is 10.7. The molecule has 0 spiro atoms. The summed E-state index contributed by atoms with van der Waals surface area (Å²) in [6.45, 7) is 6.88. The second-order valence-corrected chi connectivity index (χ2v) is 8.83. The van der Waals surface area contributed by atoms with Gasteiger partial charge in [-0.1, -0.05) is 32.9 Å². The summed E-state index contributed by atoms with van der Waals surface area (Å²) in [4.78, 5) is 50.0. The predicted octanol–water partition coefficient (Wildman–Crippen LogP) is 0.565. The average Bonchev–Trinajstić information content (AvgIpc) is 3.19. The van der Waals surface area contributed by atoms with E-state index in [0.29, 0.717) is 31.0 Å². The molecule has 4 amide bonds. The monoisotopic (exact) mass is 511 g/mol. The smallest absolute Gasteiger partial charge is 0.345 e. The minimum Gasteiger partial charge on any atom is -0.345 e. The first-order valence-electron chi connectivity index (χ1n) is 12.4. The summed E-state index contributed by atoms with van der Waals surface area (Å²) in [5.74, 6) is -1.46. The number of aryl methyl sites for hydroxylation is 1. The van der Waals surface area contributed by atoms with E-state index in [1.807, 2.05) is 45.0 Å². The van der Waals surface area contributed by atoms with Gasteiger partial charge in [-0.15, -0.1) is 0 Å². The number of anilines is 1. The molecule has 1 aliphatic rings. The fraction of sp³-hybridized carbons (Fsp3) is 0.500. The van der Waals surface area contributed by atoms with Crippen LogP contribution >= 0.6 is 0 Å². The van der Waals surface area contributed by atoms with E-state index >= 15 is 0 Å². The fourth-order valence-electron chi connectivity index (χ4n) is 3.43. The predicted molar refractivity (Wildman–Crippen MR) is 142 cm³/mol. The van der Waals surface area contributed by atoms with E-state index in [-0.39, 0.29) is 49.8 Å². The summed E-state index contributed by atoms with van der Waals surface area (Å²) in [5.41, 5.74) is 2.21. The van der Waals surface area contributed by atoms with Crippen LogP contribution in [-0.2, 0) is 35.1 Å². The SMILES string of the molecule is [B]=C1C=CC(=O)N1CCOCCOCCC(=O)NC(C(=O)NCC(=O)Nc1ccc(CC)cc1)C(C)C. The number of carbonyl (C=O) groups excluding carboxylic acids is 4. The fourth-order valence-corrected chi connectivity index (χ4v) is 3.43. The number of amides is 4. The Morgan fingerprint density at radius 1 is 0.973 bits per heavy atom. The van der Waals surface area contributed by atoms with Crippen molar-refractivity contribution in [2.45, 2.75) is 39.7 Å². The van der Waals surface area contributed by atoms with Crippen molar-refractivity contribution in [1.29, 1.82) is 0 Å². The molecule has 0 aromatic heterocycles. The Kier molecular flexibility index (Phi) is 12.7. The Hall–Kier alpha value is -3.31. The Bertz CT molecular complexity index is 962. The molecule has 0 aliphatic carbocycles. The first kappa shape index (κ1) is 29.9. The number of nitrogens with one attached hydrogen (secondary N) is 3. The van der Waals surface area contributed by atoms with Crippen LogP contribution in [0.5, 0.6) is 0 Å². The third-order valence-electron chi connectivity index (χ3n) is 5.61. The van der Waals surface area contributed by atoms with Crippen LogP contribution in [0.25, 0.3) is 0 Å². The molecule has 3 N–H and O–H groups in total. The van der Waals surface area contributed by atoms with E-state index < -0.39 is 11.9 Å². The summed E-state index contributed by atoms with van der Waals surface area (Å²) in [6, 6.07) is 6.71. The minimum absolute atomic E-state index is 0.0736. The van der Waals surface area contributed by atoms with Crippen LogP contribution in [0.1, 0.15) is 32.8 Å². The van der Waals surface area contributed by atoms with Crippen LogP contribution in [0.15, 0.2) is 36.4 Å². The number of rotatable bonds is 16. The number of hydrogen-bond acceptors (Lipinski definition) is 6. The van der Waals surface area contributed by atoms with E-state index in [9.17, 15) is 19.2 Å². The van der Waals surface area contributed by atoms with Crippen LogP contribution in [0, 0.1) is 5.92 Å². The zero-order chi connectivity index (χ0) is 27.2. The first-order chi connectivity index (χ1) is 17.7. The molecule has 0 saturated carbocycles. The minimum atomic E-state index is -0.778. The molecular weight excluding hydrogens is 475 g/mol. The molecule has 1 aromatic carbocycles. The second kappa shape index (κ2) is 15.7. The van der Waals surface area contributed by atoms with Crippen molar-refractivity contribution in [3.05, 3.63) is 42.0 Å². The van der Waals surface area contributed by atoms with E-state index in [0.717, 1.165) is 12.0 Å². The van der Waals surface area contributed by atoms with Crippen LogP contribution in [-0.4, -0.2) is 87.2 Å². The van der Waals surface area contributed by atoms with Crippen molar-refractivity contribution in [1.82, 2.24) is 15.5 Å². The van der Waals surface area contributed by atoms with Crippen molar-refractivity contribution in [2.75, 3.05) is 44.8 Å². The maximum atomic E-state index is 12.6. The van der Waals surface area contributed by atoms with Crippen molar-refractivity contribution < 1.29 is 28.7 Å². The van der Waals surface area contributed by atoms with Gasteiger partial charge in [0, 0.05) is 5.69 Å². The van der Waals surface area contributed by atoms with Crippen molar-refractivity contribution in [2.24, 2.45) is 5.92 Å². The third-order valence-corrected chi connectivity index (χ3v) is 5.61. The zero-order valence-electron chi connectivity index (χ0n) is 21.7. The van der Waals surface area contributed by atoms with Gasteiger partial charge < -0.3 is 10.6 Å². The molecule has 37 heavy (non-hydrogen) atoms. The Morgan fingerprint density at radius 2 is 1.65 bits per heavy atom. The molecule has 2 rings (SSSR count). The molecule has 1 unspecified atom stereocenters. The van der Waals surface area contributed by atoms with Crippen LogP contribution in [0.3, 0.4) is 0 Å². The van der Waals surface area contributed by atoms with Gasteiger partial charge in [0.1, 0.15) is 6.04 Å². The van der Waals surface area contributed by atoms with E-state index in [1.165, 1.54) is 11.0 Å². The molecule has 0 saturated heterocycles. The summed E-state index contributed by atoms with van der Waals surface area (Å²) in [6.07, 6.45) is 3.93. The van der Waals surface area contributed by atoms with Gasteiger partial charge in [0.2, 0.25) is 11.8 Å². The normalized spacial score (nSPS) is 13.6. The van der Waals surface area contributed by atoms with Gasteiger partial charge in [-0.05, 0) is 30.0 Å². The van der Waals surface area contributed by atoms with Crippen molar-refractivity contribution in [3.63, 3.8) is 0 Å². The summed E-state index contributed by atoms with van der Waals surface area (Å²) in [5, 5.41) is 8.02. The topological polar surface area (TPSA) is 126 Å². The standard InChI is InChI=1S/C26H36BN4O6/c1-4-19-5-7-20(8-6-19)29-23(33)17-28-26(35)25(18(2)3)30-22(32)11-13-36-15-16-37-14-12-31-21(27)9-10-24(31)34/h5-10,18,25H,4,11-17H2,1-3H3,(H,28,35)(H,29,33)(H,30,32). The van der Waals surface area contributed by atoms with E-state index in [1.54, 1.807) is 6.08 Å². The van der Waals surface area contributed by atoms with E-state index in [4.69, 9.17) is 17.0 Å². The maximum absolute atomic E-state index is 12.6. The number of ether oxygens (including phenoxy) is 2. The number of hydrogen-bond donors (Lipinski definition) is 3. The molecule has 1 aromatic rings. The van der Waals surface area contributed by atoms with Gasteiger partial charge in [-0.3, -0.25) is 9.59 Å². The van der Waals surface area contributed by atoms with Crippen molar-refractivity contribution >= 4 is 42.4 Å².